The summed E-state index contributed by atoms with van der Waals surface area (Å²) >= 11 is 0. The van der Waals surface area contributed by atoms with Gasteiger partial charge in [0.05, 0.1) is 5.69 Å². The van der Waals surface area contributed by atoms with Crippen molar-refractivity contribution in [2.24, 2.45) is 0 Å². The summed E-state index contributed by atoms with van der Waals surface area (Å²) in [6.45, 7) is 5.70. The fourth-order valence-electron chi connectivity index (χ4n) is 2.39. The monoisotopic (exact) mass is 370 g/mol. The smallest absolute Gasteiger partial charge is 0.408 e. The van der Waals surface area contributed by atoms with Crippen LogP contribution in [-0.2, 0) is 6.42 Å². The molecule has 27 heavy (non-hydrogen) atoms. The molecule has 0 aliphatic rings. The second-order valence-corrected chi connectivity index (χ2v) is 7.24. The quantitative estimate of drug-likeness (QED) is 0.723. The molecule has 0 saturated heterocycles. The third kappa shape index (κ3) is 6.75. The van der Waals surface area contributed by atoms with Gasteiger partial charge < -0.3 is 20.5 Å². The van der Waals surface area contributed by atoms with Gasteiger partial charge in [0.25, 0.3) is 5.91 Å². The average molecular weight is 370 g/mol. The second-order valence-electron chi connectivity index (χ2n) is 7.24. The van der Waals surface area contributed by atoms with Crippen LogP contribution in [0.2, 0.25) is 0 Å². The lowest BCUT2D eigenvalue weighted by Gasteiger charge is -2.20. The first-order chi connectivity index (χ1) is 12.8. The standard InChI is InChI=1S/C21H26N2O4/c1-21(2,3)23-20(26)27-18-9-5-4-8-17(18)22-19(25)16-12-10-15(11-13-16)7-6-14-24/h4-5,8-13,24H,6-7,14H2,1-3H3,(H,22,25)(H,23,26). The Balaban J connectivity index is 2.06. The molecule has 3 N–H and O–H groups in total. The minimum absolute atomic E-state index is 0.141. The molecular weight excluding hydrogens is 344 g/mol. The van der Waals surface area contributed by atoms with Gasteiger partial charge in [-0.25, -0.2) is 4.79 Å². The molecular formula is C21H26N2O4. The van der Waals surface area contributed by atoms with Gasteiger partial charge in [-0.15, -0.1) is 0 Å². The summed E-state index contributed by atoms with van der Waals surface area (Å²) in [6.07, 6.45) is 0.864. The molecule has 6 nitrogen and oxygen atoms in total. The molecule has 0 atom stereocenters. The van der Waals surface area contributed by atoms with E-state index in [1.807, 2.05) is 32.9 Å². The zero-order valence-corrected chi connectivity index (χ0v) is 15.9. The van der Waals surface area contributed by atoms with Gasteiger partial charge in [0.15, 0.2) is 5.75 Å². The molecule has 0 aliphatic heterocycles. The number of carbonyl (C=O) groups excluding carboxylic acids is 2. The molecule has 2 amide bonds. The molecule has 6 heteroatoms. The van der Waals surface area contributed by atoms with E-state index >= 15 is 0 Å². The Morgan fingerprint density at radius 2 is 1.70 bits per heavy atom. The van der Waals surface area contributed by atoms with Crippen LogP contribution in [0.15, 0.2) is 48.5 Å². The summed E-state index contributed by atoms with van der Waals surface area (Å²) in [5, 5.41) is 14.4. The van der Waals surface area contributed by atoms with Crippen molar-refractivity contribution >= 4 is 17.7 Å². The van der Waals surface area contributed by atoms with Crippen molar-refractivity contribution in [1.29, 1.82) is 0 Å². The van der Waals surface area contributed by atoms with Crippen LogP contribution in [-0.4, -0.2) is 29.3 Å². The zero-order chi connectivity index (χ0) is 19.9. The Kier molecular flexibility index (Phi) is 6.96. The van der Waals surface area contributed by atoms with Crippen molar-refractivity contribution in [2.75, 3.05) is 11.9 Å². The van der Waals surface area contributed by atoms with Crippen molar-refractivity contribution in [1.82, 2.24) is 5.32 Å². The summed E-state index contributed by atoms with van der Waals surface area (Å²) < 4.78 is 5.33. The number of amides is 2. The molecule has 2 aromatic carbocycles. The largest absolute Gasteiger partial charge is 0.413 e. The predicted molar refractivity (Wildman–Crippen MR) is 105 cm³/mol. The van der Waals surface area contributed by atoms with Gasteiger partial charge in [0, 0.05) is 17.7 Å². The fourth-order valence-corrected chi connectivity index (χ4v) is 2.39. The number of nitrogens with one attached hydrogen (secondary N) is 2. The number of hydrogen-bond donors (Lipinski definition) is 3. The van der Waals surface area contributed by atoms with E-state index in [0.717, 1.165) is 12.0 Å². The Labute approximate surface area is 159 Å². The first-order valence-electron chi connectivity index (χ1n) is 8.88. The molecule has 0 spiro atoms. The SMILES string of the molecule is CC(C)(C)NC(=O)Oc1ccccc1NC(=O)c1ccc(CCCO)cc1. The first kappa shape index (κ1) is 20.5. The van der Waals surface area contributed by atoms with Crippen LogP contribution in [0.5, 0.6) is 5.75 Å². The van der Waals surface area contributed by atoms with Crippen LogP contribution in [0.3, 0.4) is 0 Å². The minimum Gasteiger partial charge on any atom is -0.408 e. The second kappa shape index (κ2) is 9.19. The van der Waals surface area contributed by atoms with E-state index in [0.29, 0.717) is 17.7 Å². The molecule has 0 aliphatic carbocycles. The molecule has 2 aromatic rings. The molecule has 0 aromatic heterocycles. The lowest BCUT2D eigenvalue weighted by molar-refractivity contribution is 0.102. The lowest BCUT2D eigenvalue weighted by atomic mass is 10.1. The average Bonchev–Trinajstić information content (AvgIpc) is 2.60. The van der Waals surface area contributed by atoms with Crippen LogP contribution in [0.4, 0.5) is 10.5 Å². The molecule has 2 rings (SSSR count). The van der Waals surface area contributed by atoms with Crippen molar-refractivity contribution in [2.45, 2.75) is 39.2 Å². The maximum atomic E-state index is 12.5. The maximum absolute atomic E-state index is 12.5. The molecule has 0 heterocycles. The molecule has 0 fully saturated rings. The summed E-state index contributed by atoms with van der Waals surface area (Å²) in [5.41, 5.74) is 1.54. The highest BCUT2D eigenvalue weighted by molar-refractivity contribution is 6.05. The van der Waals surface area contributed by atoms with E-state index in [9.17, 15) is 9.59 Å². The van der Waals surface area contributed by atoms with Gasteiger partial charge in [0.1, 0.15) is 0 Å². The van der Waals surface area contributed by atoms with E-state index < -0.39 is 11.6 Å². The van der Waals surface area contributed by atoms with Crippen LogP contribution in [0, 0.1) is 0 Å². The number of anilines is 1. The summed E-state index contributed by atoms with van der Waals surface area (Å²) in [5.74, 6) is -0.0249. The van der Waals surface area contributed by atoms with Gasteiger partial charge in [-0.05, 0) is 63.4 Å². The fraction of sp³-hybridized carbons (Fsp3) is 0.333. The number of hydrogen-bond acceptors (Lipinski definition) is 4. The number of benzene rings is 2. The van der Waals surface area contributed by atoms with E-state index in [1.54, 1.807) is 36.4 Å². The third-order valence-corrected chi connectivity index (χ3v) is 3.65. The predicted octanol–water partition coefficient (Wildman–Crippen LogP) is 3.75. The van der Waals surface area contributed by atoms with Crippen molar-refractivity contribution in [3.05, 3.63) is 59.7 Å². The van der Waals surface area contributed by atoms with Crippen molar-refractivity contribution < 1.29 is 19.4 Å². The maximum Gasteiger partial charge on any atom is 0.413 e. The Bertz CT molecular complexity index is 780. The number of carbonyl (C=O) groups is 2. The highest BCUT2D eigenvalue weighted by Gasteiger charge is 2.17. The van der Waals surface area contributed by atoms with Gasteiger partial charge in [-0.1, -0.05) is 24.3 Å². The molecule has 0 saturated carbocycles. The van der Waals surface area contributed by atoms with Crippen LogP contribution < -0.4 is 15.4 Å². The summed E-state index contributed by atoms with van der Waals surface area (Å²) in [7, 11) is 0. The Hall–Kier alpha value is -2.86. The molecule has 0 bridgehead atoms. The summed E-state index contributed by atoms with van der Waals surface area (Å²) in [4.78, 5) is 24.5. The minimum atomic E-state index is -0.586. The van der Waals surface area contributed by atoms with Crippen molar-refractivity contribution in [3.63, 3.8) is 0 Å². The van der Waals surface area contributed by atoms with Gasteiger partial charge in [0.2, 0.25) is 0 Å². The molecule has 144 valence electrons. The highest BCUT2D eigenvalue weighted by Crippen LogP contribution is 2.25. The number of para-hydroxylation sites is 2. The van der Waals surface area contributed by atoms with E-state index in [2.05, 4.69) is 10.6 Å². The Morgan fingerprint density at radius 1 is 1.04 bits per heavy atom. The molecule has 0 radical (unpaired) electrons. The van der Waals surface area contributed by atoms with Gasteiger partial charge >= 0.3 is 6.09 Å². The van der Waals surface area contributed by atoms with Crippen LogP contribution in [0.1, 0.15) is 43.1 Å². The number of aliphatic hydroxyl groups is 1. The van der Waals surface area contributed by atoms with Crippen LogP contribution >= 0.6 is 0 Å². The first-order valence-corrected chi connectivity index (χ1v) is 8.88. The summed E-state index contributed by atoms with van der Waals surface area (Å²) in [6, 6.07) is 14.0. The normalized spacial score (nSPS) is 11.0. The number of aryl methyl sites for hydroxylation is 1. The molecule has 0 unspecified atom stereocenters. The van der Waals surface area contributed by atoms with E-state index in [-0.39, 0.29) is 18.3 Å². The van der Waals surface area contributed by atoms with Crippen molar-refractivity contribution in [3.8, 4) is 5.75 Å². The number of ether oxygens (including phenoxy) is 1. The van der Waals surface area contributed by atoms with Gasteiger partial charge in [-0.3, -0.25) is 4.79 Å². The number of aliphatic hydroxyl groups excluding tert-OH is 1. The topological polar surface area (TPSA) is 87.7 Å². The number of rotatable bonds is 6. The van der Waals surface area contributed by atoms with Gasteiger partial charge in [-0.2, -0.15) is 0 Å². The zero-order valence-electron chi connectivity index (χ0n) is 15.9. The van der Waals surface area contributed by atoms with E-state index in [4.69, 9.17) is 9.84 Å². The third-order valence-electron chi connectivity index (χ3n) is 3.65. The lowest BCUT2D eigenvalue weighted by Crippen LogP contribution is -2.42. The Morgan fingerprint density at radius 3 is 2.33 bits per heavy atom. The highest BCUT2D eigenvalue weighted by atomic mass is 16.6. The van der Waals surface area contributed by atoms with E-state index in [1.165, 1.54) is 0 Å². The van der Waals surface area contributed by atoms with Crippen LogP contribution in [0.25, 0.3) is 0 Å².